The fourth-order valence-corrected chi connectivity index (χ4v) is 3.69. The van der Waals surface area contributed by atoms with Gasteiger partial charge in [-0.1, -0.05) is 0 Å². The van der Waals surface area contributed by atoms with Crippen molar-refractivity contribution in [2.75, 3.05) is 39.1 Å². The maximum absolute atomic E-state index is 12.2. The Labute approximate surface area is 148 Å². The Bertz CT molecular complexity index is 773. The second-order valence-electron chi connectivity index (χ2n) is 7.43. The molecule has 2 aromatic rings. The minimum absolute atomic E-state index is 0.0727. The lowest BCUT2D eigenvalue weighted by Gasteiger charge is -2.38. The first-order valence-electron chi connectivity index (χ1n) is 9.08. The van der Waals surface area contributed by atoms with Gasteiger partial charge in [-0.25, -0.2) is 14.3 Å². The minimum atomic E-state index is 0.0727. The molecule has 1 saturated carbocycles. The van der Waals surface area contributed by atoms with E-state index in [1.54, 1.807) is 19.0 Å². The molecule has 2 aliphatic rings. The van der Waals surface area contributed by atoms with Crippen molar-refractivity contribution in [1.82, 2.24) is 24.4 Å². The fourth-order valence-electron chi connectivity index (χ4n) is 3.69. The van der Waals surface area contributed by atoms with Crippen LogP contribution in [0.2, 0.25) is 0 Å². The first kappa shape index (κ1) is 16.2. The van der Waals surface area contributed by atoms with Crippen molar-refractivity contribution in [2.45, 2.75) is 37.6 Å². The average molecular weight is 342 g/mol. The van der Waals surface area contributed by atoms with E-state index in [-0.39, 0.29) is 12.1 Å². The molecule has 4 rings (SSSR count). The fraction of sp³-hybridized carbons (Fsp3) is 0.611. The van der Waals surface area contributed by atoms with E-state index in [4.69, 9.17) is 5.10 Å². The summed E-state index contributed by atoms with van der Waals surface area (Å²) in [6.07, 6.45) is 8.19. The van der Waals surface area contributed by atoms with Gasteiger partial charge in [0.1, 0.15) is 5.52 Å². The normalized spacial score (nSPS) is 18.6. The van der Waals surface area contributed by atoms with Gasteiger partial charge in [-0.15, -0.1) is 0 Å². The average Bonchev–Trinajstić information content (AvgIpc) is 3.38. The standard InChI is InChI=1S/C18H26N6O/c1-21(2)18(25)22(3)14-6-9-23(10-7-14)17-16-12-15(13-4-5-13)20-24(16)11-8-19-17/h8,11-14H,4-7,9-10H2,1-3H3. The van der Waals surface area contributed by atoms with Gasteiger partial charge in [0, 0.05) is 58.6 Å². The summed E-state index contributed by atoms with van der Waals surface area (Å²) in [6, 6.07) is 2.56. The Kier molecular flexibility index (Phi) is 4.01. The molecule has 0 aromatic carbocycles. The quantitative estimate of drug-likeness (QED) is 0.858. The van der Waals surface area contributed by atoms with Crippen molar-refractivity contribution >= 4 is 17.4 Å². The van der Waals surface area contributed by atoms with Gasteiger partial charge >= 0.3 is 6.03 Å². The molecule has 0 unspecified atom stereocenters. The van der Waals surface area contributed by atoms with Gasteiger partial charge in [0.25, 0.3) is 0 Å². The number of fused-ring (bicyclic) bond motifs is 1. The van der Waals surface area contributed by atoms with Crippen molar-refractivity contribution in [3.8, 4) is 0 Å². The zero-order valence-corrected chi connectivity index (χ0v) is 15.2. The monoisotopic (exact) mass is 342 g/mol. The van der Waals surface area contributed by atoms with Crippen molar-refractivity contribution < 1.29 is 4.79 Å². The number of rotatable bonds is 3. The van der Waals surface area contributed by atoms with Gasteiger partial charge in [-0.3, -0.25) is 0 Å². The first-order chi connectivity index (χ1) is 12.0. The van der Waals surface area contributed by atoms with Crippen LogP contribution in [0, 0.1) is 0 Å². The van der Waals surface area contributed by atoms with E-state index in [9.17, 15) is 4.79 Å². The molecule has 3 heterocycles. The molecule has 0 spiro atoms. The van der Waals surface area contributed by atoms with E-state index in [0.29, 0.717) is 5.92 Å². The zero-order chi connectivity index (χ0) is 17.6. The number of hydrogen-bond donors (Lipinski definition) is 0. The van der Waals surface area contributed by atoms with Crippen LogP contribution in [0.4, 0.5) is 10.6 Å². The van der Waals surface area contributed by atoms with E-state index in [1.807, 2.05) is 28.9 Å². The molecule has 7 heteroatoms. The Morgan fingerprint density at radius 2 is 1.88 bits per heavy atom. The SMILES string of the molecule is CN(C)C(=O)N(C)C1CCN(c2nccn3nc(C4CC4)cc23)CC1. The Balaban J connectivity index is 1.49. The summed E-state index contributed by atoms with van der Waals surface area (Å²) < 4.78 is 1.96. The van der Waals surface area contributed by atoms with Gasteiger partial charge in [0.2, 0.25) is 0 Å². The van der Waals surface area contributed by atoms with Gasteiger partial charge in [-0.05, 0) is 31.7 Å². The lowest BCUT2D eigenvalue weighted by molar-refractivity contribution is 0.155. The van der Waals surface area contributed by atoms with Crippen LogP contribution in [-0.4, -0.2) is 70.7 Å². The van der Waals surface area contributed by atoms with Crippen molar-refractivity contribution in [3.63, 3.8) is 0 Å². The molecule has 25 heavy (non-hydrogen) atoms. The highest BCUT2D eigenvalue weighted by atomic mass is 16.2. The van der Waals surface area contributed by atoms with Crippen LogP contribution in [0.1, 0.15) is 37.3 Å². The van der Waals surface area contributed by atoms with E-state index in [2.05, 4.69) is 16.0 Å². The van der Waals surface area contributed by atoms with Crippen molar-refractivity contribution in [1.29, 1.82) is 0 Å². The Hall–Kier alpha value is -2.31. The number of carbonyl (C=O) groups is 1. The van der Waals surface area contributed by atoms with Crippen LogP contribution in [0.25, 0.3) is 5.52 Å². The number of hydrogen-bond acceptors (Lipinski definition) is 4. The molecule has 2 amide bonds. The van der Waals surface area contributed by atoms with Crippen LogP contribution < -0.4 is 4.90 Å². The maximum atomic E-state index is 12.2. The molecule has 0 atom stereocenters. The number of urea groups is 1. The predicted octanol–water partition coefficient (Wildman–Crippen LogP) is 2.19. The third-order valence-corrected chi connectivity index (χ3v) is 5.38. The second kappa shape index (κ2) is 6.20. The highest BCUT2D eigenvalue weighted by Gasteiger charge is 2.29. The van der Waals surface area contributed by atoms with Crippen LogP contribution in [-0.2, 0) is 0 Å². The number of amides is 2. The zero-order valence-electron chi connectivity index (χ0n) is 15.2. The van der Waals surface area contributed by atoms with Crippen molar-refractivity contribution in [2.24, 2.45) is 0 Å². The van der Waals surface area contributed by atoms with E-state index < -0.39 is 0 Å². The number of carbonyl (C=O) groups excluding carboxylic acids is 1. The first-order valence-corrected chi connectivity index (χ1v) is 9.08. The van der Waals surface area contributed by atoms with Gasteiger partial charge in [-0.2, -0.15) is 5.10 Å². The molecule has 0 N–H and O–H groups in total. The number of anilines is 1. The van der Waals surface area contributed by atoms with E-state index in [1.165, 1.54) is 18.5 Å². The predicted molar refractivity (Wildman–Crippen MR) is 97.0 cm³/mol. The van der Waals surface area contributed by atoms with E-state index in [0.717, 1.165) is 37.3 Å². The second-order valence-corrected chi connectivity index (χ2v) is 7.43. The number of aromatic nitrogens is 3. The minimum Gasteiger partial charge on any atom is -0.355 e. The molecular formula is C18H26N6O. The summed E-state index contributed by atoms with van der Waals surface area (Å²) in [5.74, 6) is 1.66. The Morgan fingerprint density at radius 3 is 2.52 bits per heavy atom. The molecule has 0 bridgehead atoms. The lowest BCUT2D eigenvalue weighted by Crippen LogP contribution is -2.48. The largest absolute Gasteiger partial charge is 0.355 e. The number of piperidine rings is 1. The maximum Gasteiger partial charge on any atom is 0.319 e. The summed E-state index contributed by atoms with van der Waals surface area (Å²) in [7, 11) is 5.51. The highest BCUT2D eigenvalue weighted by Crippen LogP contribution is 2.40. The highest BCUT2D eigenvalue weighted by molar-refractivity contribution is 5.74. The van der Waals surface area contributed by atoms with Crippen LogP contribution >= 0.6 is 0 Å². The smallest absolute Gasteiger partial charge is 0.319 e. The summed E-state index contributed by atoms with van der Waals surface area (Å²) in [4.78, 5) is 22.6. The molecule has 1 aliphatic carbocycles. The van der Waals surface area contributed by atoms with Crippen molar-refractivity contribution in [3.05, 3.63) is 24.2 Å². The summed E-state index contributed by atoms with van der Waals surface area (Å²) >= 11 is 0. The van der Waals surface area contributed by atoms with Crippen LogP contribution in [0.15, 0.2) is 18.5 Å². The molecule has 134 valence electrons. The van der Waals surface area contributed by atoms with Crippen LogP contribution in [0.3, 0.4) is 0 Å². The topological polar surface area (TPSA) is 57.0 Å². The number of nitrogens with zero attached hydrogens (tertiary/aromatic N) is 6. The lowest BCUT2D eigenvalue weighted by atomic mass is 10.0. The third kappa shape index (κ3) is 3.03. The summed E-state index contributed by atoms with van der Waals surface area (Å²) in [5.41, 5.74) is 2.29. The summed E-state index contributed by atoms with van der Waals surface area (Å²) in [5, 5.41) is 4.71. The molecule has 0 radical (unpaired) electrons. The van der Waals surface area contributed by atoms with Crippen LogP contribution in [0.5, 0.6) is 0 Å². The van der Waals surface area contributed by atoms with Gasteiger partial charge < -0.3 is 14.7 Å². The third-order valence-electron chi connectivity index (χ3n) is 5.38. The molecule has 2 aromatic heterocycles. The molecular weight excluding hydrogens is 316 g/mol. The Morgan fingerprint density at radius 1 is 1.16 bits per heavy atom. The molecule has 2 fully saturated rings. The molecule has 7 nitrogen and oxygen atoms in total. The van der Waals surface area contributed by atoms with Gasteiger partial charge in [0.05, 0.1) is 5.69 Å². The van der Waals surface area contributed by atoms with Gasteiger partial charge in [0.15, 0.2) is 5.82 Å². The van der Waals surface area contributed by atoms with E-state index >= 15 is 0 Å². The molecule has 1 saturated heterocycles. The summed E-state index contributed by atoms with van der Waals surface area (Å²) in [6.45, 7) is 1.82. The molecule has 1 aliphatic heterocycles.